The van der Waals surface area contributed by atoms with Crippen molar-refractivity contribution in [3.8, 4) is 0 Å². The number of ether oxygens (including phenoxy) is 1. The third-order valence-corrected chi connectivity index (χ3v) is 6.33. The number of sulfone groups is 1. The first-order valence-corrected chi connectivity index (χ1v) is 8.87. The van der Waals surface area contributed by atoms with Gasteiger partial charge >= 0.3 is 5.97 Å². The van der Waals surface area contributed by atoms with Crippen molar-refractivity contribution < 1.29 is 23.1 Å². The summed E-state index contributed by atoms with van der Waals surface area (Å²) in [5, 5.41) is 9.55. The molecular formula is C15H18O5S. The highest BCUT2D eigenvalue weighted by atomic mass is 32.2. The Kier molecular flexibility index (Phi) is 3.53. The van der Waals surface area contributed by atoms with Crippen LogP contribution in [-0.4, -0.2) is 37.6 Å². The fraction of sp³-hybridized carbons (Fsp3) is 0.533. The highest BCUT2D eigenvalue weighted by Gasteiger charge is 2.50. The molecule has 1 aromatic carbocycles. The van der Waals surface area contributed by atoms with Crippen LogP contribution in [0.25, 0.3) is 0 Å². The van der Waals surface area contributed by atoms with Gasteiger partial charge in [0.15, 0.2) is 9.84 Å². The normalized spacial score (nSPS) is 30.8. The van der Waals surface area contributed by atoms with Gasteiger partial charge in [-0.1, -0.05) is 24.3 Å². The molecule has 0 saturated carbocycles. The third kappa shape index (κ3) is 2.70. The van der Waals surface area contributed by atoms with Crippen LogP contribution in [0.1, 0.15) is 30.1 Å². The first-order valence-electron chi connectivity index (χ1n) is 7.05. The van der Waals surface area contributed by atoms with Gasteiger partial charge in [-0.3, -0.25) is 4.79 Å². The van der Waals surface area contributed by atoms with Gasteiger partial charge in [0.25, 0.3) is 0 Å². The predicted molar refractivity (Wildman–Crippen MR) is 76.8 cm³/mol. The summed E-state index contributed by atoms with van der Waals surface area (Å²) >= 11 is 0. The van der Waals surface area contributed by atoms with Crippen LogP contribution in [0.3, 0.4) is 0 Å². The monoisotopic (exact) mass is 310 g/mol. The molecule has 2 aliphatic heterocycles. The number of rotatable bonds is 3. The minimum atomic E-state index is -3.26. The molecule has 1 N–H and O–H groups in total. The average molecular weight is 310 g/mol. The molecule has 1 saturated heterocycles. The van der Waals surface area contributed by atoms with Crippen LogP contribution in [0.2, 0.25) is 0 Å². The van der Waals surface area contributed by atoms with Crippen LogP contribution in [-0.2, 0) is 25.8 Å². The smallest absolute Gasteiger partial charge is 0.310 e. The molecule has 6 heteroatoms. The summed E-state index contributed by atoms with van der Waals surface area (Å²) < 4.78 is 29.2. The van der Waals surface area contributed by atoms with Gasteiger partial charge in [-0.2, -0.15) is 0 Å². The van der Waals surface area contributed by atoms with Gasteiger partial charge in [-0.15, -0.1) is 0 Å². The van der Waals surface area contributed by atoms with Gasteiger partial charge in [0.05, 0.1) is 29.6 Å². The molecule has 0 radical (unpaired) electrons. The summed E-state index contributed by atoms with van der Waals surface area (Å²) in [5.74, 6) is -1.36. The van der Waals surface area contributed by atoms with E-state index in [0.29, 0.717) is 6.61 Å². The van der Waals surface area contributed by atoms with Crippen LogP contribution in [0, 0.1) is 5.41 Å². The van der Waals surface area contributed by atoms with Crippen LogP contribution in [0.4, 0.5) is 0 Å². The summed E-state index contributed by atoms with van der Waals surface area (Å²) in [6, 6.07) is 7.81. The summed E-state index contributed by atoms with van der Waals surface area (Å²) in [6.45, 7) is 0.546. The second-order valence-electron chi connectivity index (χ2n) is 5.94. The molecule has 2 atom stereocenters. The van der Waals surface area contributed by atoms with Gasteiger partial charge in [0.2, 0.25) is 0 Å². The molecule has 0 aliphatic carbocycles. The van der Waals surface area contributed by atoms with E-state index in [1.807, 2.05) is 24.3 Å². The van der Waals surface area contributed by atoms with Crippen molar-refractivity contribution in [1.82, 2.24) is 0 Å². The summed E-state index contributed by atoms with van der Waals surface area (Å²) in [7, 11) is -3.26. The van der Waals surface area contributed by atoms with Gasteiger partial charge in [-0.25, -0.2) is 8.42 Å². The first kappa shape index (κ1) is 14.5. The topological polar surface area (TPSA) is 80.7 Å². The van der Waals surface area contributed by atoms with Gasteiger partial charge in [-0.05, 0) is 30.4 Å². The lowest BCUT2D eigenvalue weighted by molar-refractivity contribution is -0.150. The molecule has 21 heavy (non-hydrogen) atoms. The standard InChI is InChI=1S/C15H18O5S/c16-14(17)15(6-8-21(18,19)10-15)9-13-12-4-2-1-3-11(12)5-7-20-13/h1-4,13H,5-10H2,(H,16,17). The predicted octanol–water partition coefficient (Wildman–Crippen LogP) is 1.58. The van der Waals surface area contributed by atoms with Gasteiger partial charge < -0.3 is 9.84 Å². The molecule has 3 rings (SSSR count). The number of benzene rings is 1. The van der Waals surface area contributed by atoms with E-state index in [-0.39, 0.29) is 30.5 Å². The van der Waals surface area contributed by atoms with Crippen molar-refractivity contribution in [2.45, 2.75) is 25.4 Å². The Morgan fingerprint density at radius 1 is 1.38 bits per heavy atom. The van der Waals surface area contributed by atoms with Crippen molar-refractivity contribution >= 4 is 15.8 Å². The second kappa shape index (κ2) is 5.10. The highest BCUT2D eigenvalue weighted by Crippen LogP contribution is 2.43. The van der Waals surface area contributed by atoms with Crippen LogP contribution < -0.4 is 0 Å². The molecule has 0 amide bonds. The van der Waals surface area contributed by atoms with E-state index in [4.69, 9.17) is 4.74 Å². The lowest BCUT2D eigenvalue weighted by Gasteiger charge is -2.32. The van der Waals surface area contributed by atoms with E-state index in [9.17, 15) is 18.3 Å². The number of carbonyl (C=O) groups is 1. The number of hydrogen-bond acceptors (Lipinski definition) is 4. The van der Waals surface area contributed by atoms with Crippen molar-refractivity contribution in [3.05, 3.63) is 35.4 Å². The maximum atomic E-state index is 11.7. The molecule has 0 spiro atoms. The Morgan fingerprint density at radius 3 is 2.81 bits per heavy atom. The lowest BCUT2D eigenvalue weighted by atomic mass is 9.79. The fourth-order valence-corrected chi connectivity index (χ4v) is 5.41. The van der Waals surface area contributed by atoms with E-state index in [1.165, 1.54) is 0 Å². The molecule has 5 nitrogen and oxygen atoms in total. The second-order valence-corrected chi connectivity index (χ2v) is 8.12. The number of fused-ring (bicyclic) bond motifs is 1. The largest absolute Gasteiger partial charge is 0.481 e. The minimum Gasteiger partial charge on any atom is -0.481 e. The Bertz CT molecular complexity index is 666. The van der Waals surface area contributed by atoms with Crippen molar-refractivity contribution in [1.29, 1.82) is 0 Å². The first-order chi connectivity index (χ1) is 9.92. The summed E-state index contributed by atoms with van der Waals surface area (Å²) in [4.78, 5) is 11.7. The molecule has 2 heterocycles. The third-order valence-electron chi connectivity index (χ3n) is 4.51. The van der Waals surface area contributed by atoms with Crippen molar-refractivity contribution in [3.63, 3.8) is 0 Å². The van der Waals surface area contributed by atoms with E-state index >= 15 is 0 Å². The van der Waals surface area contributed by atoms with E-state index in [0.717, 1.165) is 17.5 Å². The van der Waals surface area contributed by atoms with Crippen molar-refractivity contribution in [2.75, 3.05) is 18.1 Å². The highest BCUT2D eigenvalue weighted by molar-refractivity contribution is 7.91. The molecule has 2 aliphatic rings. The summed E-state index contributed by atoms with van der Waals surface area (Å²) in [6.07, 6.45) is 0.871. The zero-order valence-electron chi connectivity index (χ0n) is 11.6. The number of carboxylic acid groups (broad SMARTS) is 1. The Balaban J connectivity index is 1.91. The minimum absolute atomic E-state index is 0.0479. The van der Waals surface area contributed by atoms with Crippen molar-refractivity contribution in [2.24, 2.45) is 5.41 Å². The lowest BCUT2D eigenvalue weighted by Crippen LogP contribution is -2.35. The summed E-state index contributed by atoms with van der Waals surface area (Å²) in [5.41, 5.74) is 0.942. The number of aliphatic carboxylic acids is 1. The quantitative estimate of drug-likeness (QED) is 0.917. The Morgan fingerprint density at radius 2 is 2.14 bits per heavy atom. The molecule has 1 fully saturated rings. The Labute approximate surface area is 123 Å². The van der Waals surface area contributed by atoms with Gasteiger partial charge in [0.1, 0.15) is 0 Å². The molecular weight excluding hydrogens is 292 g/mol. The molecule has 114 valence electrons. The molecule has 0 aromatic heterocycles. The van der Waals surface area contributed by atoms with E-state index < -0.39 is 21.2 Å². The average Bonchev–Trinajstić information content (AvgIpc) is 2.76. The molecule has 0 bridgehead atoms. The number of hydrogen-bond donors (Lipinski definition) is 1. The zero-order chi connectivity index (χ0) is 15.1. The maximum Gasteiger partial charge on any atom is 0.310 e. The SMILES string of the molecule is O=C(O)C1(CC2OCCc3ccccc32)CCS(=O)(=O)C1. The van der Waals surface area contributed by atoms with Crippen LogP contribution in [0.5, 0.6) is 0 Å². The fourth-order valence-electron chi connectivity index (χ4n) is 3.33. The Hall–Kier alpha value is -1.40. The number of carboxylic acids is 1. The van der Waals surface area contributed by atoms with Crippen LogP contribution in [0.15, 0.2) is 24.3 Å². The molecule has 2 unspecified atom stereocenters. The van der Waals surface area contributed by atoms with Gasteiger partial charge in [0, 0.05) is 0 Å². The van der Waals surface area contributed by atoms with E-state index in [1.54, 1.807) is 0 Å². The maximum absolute atomic E-state index is 11.7. The van der Waals surface area contributed by atoms with Crippen LogP contribution >= 0.6 is 0 Å². The molecule has 1 aromatic rings. The zero-order valence-corrected chi connectivity index (χ0v) is 12.4. The van der Waals surface area contributed by atoms with E-state index in [2.05, 4.69) is 0 Å².